The summed E-state index contributed by atoms with van der Waals surface area (Å²) < 4.78 is 5.14. The molecule has 0 bridgehead atoms. The van der Waals surface area contributed by atoms with Crippen molar-refractivity contribution in [3.63, 3.8) is 0 Å². The van der Waals surface area contributed by atoms with E-state index >= 15 is 0 Å². The summed E-state index contributed by atoms with van der Waals surface area (Å²) in [4.78, 5) is 15.6. The predicted octanol–water partition coefficient (Wildman–Crippen LogP) is 1.95. The van der Waals surface area contributed by atoms with Gasteiger partial charge in [0, 0.05) is 10.6 Å². The van der Waals surface area contributed by atoms with E-state index in [2.05, 4.69) is 15.5 Å². The van der Waals surface area contributed by atoms with E-state index < -0.39 is 18.1 Å². The molecule has 0 fully saturated rings. The van der Waals surface area contributed by atoms with Gasteiger partial charge in [0.15, 0.2) is 5.82 Å². The van der Waals surface area contributed by atoms with Crippen molar-refractivity contribution in [2.75, 3.05) is 0 Å². The molecule has 0 aliphatic carbocycles. The van der Waals surface area contributed by atoms with Crippen LogP contribution < -0.4 is 5.32 Å². The molecule has 7 heteroatoms. The number of benzene rings is 1. The lowest BCUT2D eigenvalue weighted by Crippen LogP contribution is -2.34. The average Bonchev–Trinajstić information content (AvgIpc) is 2.89. The number of carbonyl (C=O) groups is 1. The minimum atomic E-state index is -1.08. The van der Waals surface area contributed by atoms with Crippen molar-refractivity contribution in [3.05, 3.63) is 35.1 Å². The van der Waals surface area contributed by atoms with E-state index in [4.69, 9.17) is 21.2 Å². The van der Waals surface area contributed by atoms with Crippen LogP contribution in [0.1, 0.15) is 25.7 Å². The Morgan fingerprint density at radius 1 is 1.35 bits per heavy atom. The van der Waals surface area contributed by atoms with Gasteiger partial charge >= 0.3 is 0 Å². The van der Waals surface area contributed by atoms with Crippen LogP contribution >= 0.6 is 11.6 Å². The highest BCUT2D eigenvalue weighted by atomic mass is 35.5. The SMILES string of the molecule is CC(O)C(=O)NC(C)c1noc(-c2ccc(Cl)cc2)n1. The van der Waals surface area contributed by atoms with Gasteiger partial charge in [0.05, 0.1) is 6.04 Å². The molecule has 2 rings (SSSR count). The molecule has 2 unspecified atom stereocenters. The molecule has 0 saturated heterocycles. The maximum Gasteiger partial charge on any atom is 0.257 e. The first kappa shape index (κ1) is 14.5. The third kappa shape index (κ3) is 3.34. The summed E-state index contributed by atoms with van der Waals surface area (Å²) in [6.07, 6.45) is -1.08. The molecule has 2 aromatic rings. The van der Waals surface area contributed by atoms with E-state index in [1.807, 2.05) is 0 Å². The number of aromatic nitrogens is 2. The number of rotatable bonds is 4. The van der Waals surface area contributed by atoms with Crippen LogP contribution in [0, 0.1) is 0 Å². The molecule has 0 aliphatic heterocycles. The highest BCUT2D eigenvalue weighted by Crippen LogP contribution is 2.21. The summed E-state index contributed by atoms with van der Waals surface area (Å²) in [5.74, 6) is 0.189. The maximum atomic E-state index is 11.4. The van der Waals surface area contributed by atoms with Gasteiger partial charge in [-0.1, -0.05) is 16.8 Å². The second-order valence-corrected chi connectivity index (χ2v) is 4.81. The number of hydrogen-bond acceptors (Lipinski definition) is 5. The standard InChI is InChI=1S/C13H14ClN3O3/c1-7(15-12(19)8(2)18)11-16-13(20-17-11)9-3-5-10(14)6-4-9/h3-8,18H,1-2H3,(H,15,19). The summed E-state index contributed by atoms with van der Waals surface area (Å²) in [6, 6.07) is 6.51. The fourth-order valence-electron chi connectivity index (χ4n) is 1.52. The van der Waals surface area contributed by atoms with Gasteiger partial charge < -0.3 is 14.9 Å². The number of nitrogens with zero attached hydrogens (tertiary/aromatic N) is 2. The van der Waals surface area contributed by atoms with Gasteiger partial charge in [-0.3, -0.25) is 4.79 Å². The van der Waals surface area contributed by atoms with Crippen molar-refractivity contribution in [1.29, 1.82) is 0 Å². The Labute approximate surface area is 120 Å². The molecule has 0 aliphatic rings. The summed E-state index contributed by atoms with van der Waals surface area (Å²) in [5.41, 5.74) is 0.738. The van der Waals surface area contributed by atoms with Crippen LogP contribution in [0.3, 0.4) is 0 Å². The summed E-state index contributed by atoms with van der Waals surface area (Å²) in [5, 5.41) is 16.1. The van der Waals surface area contributed by atoms with Crippen LogP contribution in [0.4, 0.5) is 0 Å². The largest absolute Gasteiger partial charge is 0.384 e. The molecule has 1 aromatic heterocycles. The van der Waals surface area contributed by atoms with Crippen molar-refractivity contribution in [1.82, 2.24) is 15.5 Å². The summed E-state index contributed by atoms with van der Waals surface area (Å²) in [6.45, 7) is 3.09. The van der Waals surface area contributed by atoms with Gasteiger partial charge in [-0.2, -0.15) is 4.98 Å². The zero-order valence-electron chi connectivity index (χ0n) is 11.0. The van der Waals surface area contributed by atoms with Crippen LogP contribution in [0.5, 0.6) is 0 Å². The normalized spacial score (nSPS) is 13.8. The Bertz CT molecular complexity index is 595. The molecule has 0 saturated carbocycles. The minimum absolute atomic E-state index is 0.337. The number of carbonyl (C=O) groups excluding carboxylic acids is 1. The third-order valence-corrected chi connectivity index (χ3v) is 2.91. The van der Waals surface area contributed by atoms with Gasteiger partial charge in [0.1, 0.15) is 6.10 Å². The number of aliphatic hydroxyl groups is 1. The van der Waals surface area contributed by atoms with E-state index in [-0.39, 0.29) is 0 Å². The molecule has 106 valence electrons. The highest BCUT2D eigenvalue weighted by molar-refractivity contribution is 6.30. The Kier molecular flexibility index (Phi) is 4.36. The van der Waals surface area contributed by atoms with Crippen molar-refractivity contribution in [2.45, 2.75) is 26.0 Å². The van der Waals surface area contributed by atoms with E-state index in [1.54, 1.807) is 31.2 Å². The van der Waals surface area contributed by atoms with Gasteiger partial charge in [0.2, 0.25) is 5.91 Å². The van der Waals surface area contributed by atoms with Crippen LogP contribution in [0.25, 0.3) is 11.5 Å². The minimum Gasteiger partial charge on any atom is -0.384 e. The van der Waals surface area contributed by atoms with Crippen molar-refractivity contribution >= 4 is 17.5 Å². The number of aliphatic hydroxyl groups excluding tert-OH is 1. The Balaban J connectivity index is 2.12. The Morgan fingerprint density at radius 3 is 2.60 bits per heavy atom. The molecule has 20 heavy (non-hydrogen) atoms. The molecule has 6 nitrogen and oxygen atoms in total. The molecular weight excluding hydrogens is 282 g/mol. The van der Waals surface area contributed by atoms with Gasteiger partial charge in [-0.25, -0.2) is 0 Å². The molecular formula is C13H14ClN3O3. The molecule has 0 radical (unpaired) electrons. The predicted molar refractivity (Wildman–Crippen MR) is 73.0 cm³/mol. The van der Waals surface area contributed by atoms with E-state index in [9.17, 15) is 4.79 Å². The van der Waals surface area contributed by atoms with E-state index in [0.29, 0.717) is 16.7 Å². The zero-order valence-corrected chi connectivity index (χ0v) is 11.8. The summed E-state index contributed by atoms with van der Waals surface area (Å²) in [7, 11) is 0. The average molecular weight is 296 g/mol. The molecule has 2 N–H and O–H groups in total. The van der Waals surface area contributed by atoms with Crippen LogP contribution in [0.2, 0.25) is 5.02 Å². The topological polar surface area (TPSA) is 88.2 Å². The van der Waals surface area contributed by atoms with Gasteiger partial charge in [0.25, 0.3) is 5.89 Å². The molecule has 1 heterocycles. The quantitative estimate of drug-likeness (QED) is 0.900. The monoisotopic (exact) mass is 295 g/mol. The number of nitrogens with one attached hydrogen (secondary N) is 1. The van der Waals surface area contributed by atoms with E-state index in [1.165, 1.54) is 6.92 Å². The Morgan fingerprint density at radius 2 is 2.00 bits per heavy atom. The van der Waals surface area contributed by atoms with Crippen molar-refractivity contribution < 1.29 is 14.4 Å². The number of halogens is 1. The van der Waals surface area contributed by atoms with Crippen LogP contribution in [-0.4, -0.2) is 27.3 Å². The third-order valence-electron chi connectivity index (χ3n) is 2.66. The summed E-state index contributed by atoms with van der Waals surface area (Å²) >= 11 is 5.80. The Hall–Kier alpha value is -1.92. The smallest absolute Gasteiger partial charge is 0.257 e. The zero-order chi connectivity index (χ0) is 14.7. The maximum absolute atomic E-state index is 11.4. The fourth-order valence-corrected chi connectivity index (χ4v) is 1.64. The first-order valence-corrected chi connectivity index (χ1v) is 6.43. The lowest BCUT2D eigenvalue weighted by atomic mass is 10.2. The molecule has 1 amide bonds. The molecule has 0 spiro atoms. The second kappa shape index (κ2) is 6.02. The first-order chi connectivity index (χ1) is 9.47. The van der Waals surface area contributed by atoms with Gasteiger partial charge in [-0.05, 0) is 38.1 Å². The molecule has 2 atom stereocenters. The van der Waals surface area contributed by atoms with Crippen LogP contribution in [-0.2, 0) is 4.79 Å². The lowest BCUT2D eigenvalue weighted by Gasteiger charge is -2.10. The fraction of sp³-hybridized carbons (Fsp3) is 0.308. The van der Waals surface area contributed by atoms with Crippen molar-refractivity contribution in [3.8, 4) is 11.5 Å². The lowest BCUT2D eigenvalue weighted by molar-refractivity contribution is -0.129. The van der Waals surface area contributed by atoms with Crippen LogP contribution in [0.15, 0.2) is 28.8 Å². The van der Waals surface area contributed by atoms with Crippen molar-refractivity contribution in [2.24, 2.45) is 0 Å². The van der Waals surface area contributed by atoms with Gasteiger partial charge in [-0.15, -0.1) is 0 Å². The number of hydrogen-bond donors (Lipinski definition) is 2. The molecule has 1 aromatic carbocycles. The number of amides is 1. The first-order valence-electron chi connectivity index (χ1n) is 6.05. The van der Waals surface area contributed by atoms with E-state index in [0.717, 1.165) is 5.56 Å². The second-order valence-electron chi connectivity index (χ2n) is 4.37. The highest BCUT2D eigenvalue weighted by Gasteiger charge is 2.18.